The molecule has 1 aliphatic carbocycles. The summed E-state index contributed by atoms with van der Waals surface area (Å²) in [4.78, 5) is 17.4. The maximum atomic E-state index is 10.9. The van der Waals surface area contributed by atoms with Crippen molar-refractivity contribution in [3.05, 3.63) is 29.5 Å². The first kappa shape index (κ1) is 13.3. The Morgan fingerprint density at radius 2 is 2.40 bits per heavy atom. The molecule has 0 radical (unpaired) electrons. The largest absolute Gasteiger partial charge is 0.480 e. The van der Waals surface area contributed by atoms with Crippen LogP contribution in [0.3, 0.4) is 0 Å². The molecule has 1 aliphatic rings. The minimum atomic E-state index is -0.785. The molecule has 2 heterocycles. The minimum Gasteiger partial charge on any atom is -0.480 e. The van der Waals surface area contributed by atoms with Gasteiger partial charge in [0.25, 0.3) is 0 Å². The van der Waals surface area contributed by atoms with Gasteiger partial charge in [0.1, 0.15) is 0 Å². The Morgan fingerprint density at radius 3 is 3.05 bits per heavy atom. The van der Waals surface area contributed by atoms with Gasteiger partial charge in [-0.1, -0.05) is 0 Å². The van der Waals surface area contributed by atoms with E-state index in [-0.39, 0.29) is 6.54 Å². The van der Waals surface area contributed by atoms with Gasteiger partial charge in [0.15, 0.2) is 10.8 Å². The van der Waals surface area contributed by atoms with Crippen molar-refractivity contribution in [3.63, 3.8) is 0 Å². The van der Waals surface area contributed by atoms with E-state index in [0.717, 1.165) is 23.0 Å². The number of aromatic nitrogens is 1. The average molecular weight is 292 g/mol. The second kappa shape index (κ2) is 5.76. The lowest BCUT2D eigenvalue weighted by atomic mass is 10.3. The van der Waals surface area contributed by atoms with Crippen LogP contribution in [0.25, 0.3) is 10.8 Å². The number of hydrogen-bond donors (Lipinski definition) is 1. The van der Waals surface area contributed by atoms with Crippen LogP contribution in [0.4, 0.5) is 0 Å². The normalized spacial score (nSPS) is 14.8. The molecule has 0 bridgehead atoms. The lowest BCUT2D eigenvalue weighted by molar-refractivity contribution is -0.138. The van der Waals surface area contributed by atoms with Crippen LogP contribution in [-0.2, 0) is 11.3 Å². The first-order chi connectivity index (χ1) is 9.70. The van der Waals surface area contributed by atoms with Crippen LogP contribution in [0.1, 0.15) is 18.5 Å². The highest BCUT2D eigenvalue weighted by Crippen LogP contribution is 2.30. The minimum absolute atomic E-state index is 0.0735. The molecule has 0 aliphatic heterocycles. The average Bonchev–Trinajstić information content (AvgIpc) is 2.91. The number of furan rings is 1. The van der Waals surface area contributed by atoms with Gasteiger partial charge in [-0.2, -0.15) is 0 Å². The third-order valence-corrected chi connectivity index (χ3v) is 4.15. The highest BCUT2D eigenvalue weighted by atomic mass is 32.1. The third kappa shape index (κ3) is 3.46. The second-order valence-electron chi connectivity index (χ2n) is 5.13. The highest BCUT2D eigenvalue weighted by Gasteiger charge is 2.25. The number of rotatable bonds is 7. The molecule has 1 N–H and O–H groups in total. The monoisotopic (exact) mass is 292 g/mol. The predicted molar refractivity (Wildman–Crippen MR) is 75.5 cm³/mol. The number of carbonyl (C=O) groups is 1. The van der Waals surface area contributed by atoms with Crippen molar-refractivity contribution in [2.75, 3.05) is 13.1 Å². The van der Waals surface area contributed by atoms with Crippen molar-refractivity contribution in [1.82, 2.24) is 9.88 Å². The van der Waals surface area contributed by atoms with Crippen LogP contribution >= 0.6 is 11.3 Å². The molecule has 0 unspecified atom stereocenters. The summed E-state index contributed by atoms with van der Waals surface area (Å²) in [7, 11) is 0. The van der Waals surface area contributed by atoms with Crippen LogP contribution in [0.5, 0.6) is 0 Å². The molecule has 0 saturated heterocycles. The Kier molecular flexibility index (Phi) is 3.84. The van der Waals surface area contributed by atoms with E-state index < -0.39 is 5.97 Å². The van der Waals surface area contributed by atoms with E-state index in [0.29, 0.717) is 12.5 Å². The maximum absolute atomic E-state index is 10.9. The molecular weight excluding hydrogens is 276 g/mol. The van der Waals surface area contributed by atoms with Crippen molar-refractivity contribution in [1.29, 1.82) is 0 Å². The van der Waals surface area contributed by atoms with Crippen LogP contribution in [0.2, 0.25) is 0 Å². The van der Waals surface area contributed by atoms with E-state index in [9.17, 15) is 4.79 Å². The van der Waals surface area contributed by atoms with Gasteiger partial charge >= 0.3 is 5.97 Å². The molecule has 1 saturated carbocycles. The summed E-state index contributed by atoms with van der Waals surface area (Å²) in [6.07, 6.45) is 4.05. The van der Waals surface area contributed by atoms with E-state index in [1.54, 1.807) is 6.26 Å². The summed E-state index contributed by atoms with van der Waals surface area (Å²) in [5.74, 6) is 0.637. The smallest absolute Gasteiger partial charge is 0.317 e. The molecule has 0 amide bonds. The molecule has 2 aromatic heterocycles. The first-order valence-corrected chi connectivity index (χ1v) is 7.51. The van der Waals surface area contributed by atoms with Crippen LogP contribution in [-0.4, -0.2) is 34.0 Å². The van der Waals surface area contributed by atoms with E-state index in [1.807, 2.05) is 22.4 Å². The van der Waals surface area contributed by atoms with Gasteiger partial charge in [0, 0.05) is 18.5 Å². The van der Waals surface area contributed by atoms with Crippen molar-refractivity contribution in [2.24, 2.45) is 5.92 Å². The van der Waals surface area contributed by atoms with Gasteiger partial charge in [-0.05, 0) is 30.9 Å². The standard InChI is InChI=1S/C14H16N2O3S/c17-13(18)8-16(6-10-3-4-10)7-11-9-20-14(15-11)12-2-1-5-19-12/h1-2,5,9-10H,3-4,6-8H2,(H,17,18). The number of carboxylic acids is 1. The summed E-state index contributed by atoms with van der Waals surface area (Å²) in [6.45, 7) is 1.50. The van der Waals surface area contributed by atoms with E-state index >= 15 is 0 Å². The van der Waals surface area contributed by atoms with Crippen molar-refractivity contribution in [2.45, 2.75) is 19.4 Å². The molecule has 0 atom stereocenters. The fourth-order valence-corrected chi connectivity index (χ4v) is 2.94. The Hall–Kier alpha value is -1.66. The SMILES string of the molecule is O=C(O)CN(Cc1csc(-c2ccco2)n1)CC1CC1. The summed E-state index contributed by atoms with van der Waals surface area (Å²) in [6, 6.07) is 3.71. The van der Waals surface area contributed by atoms with Gasteiger partial charge in [0.2, 0.25) is 0 Å². The van der Waals surface area contributed by atoms with Crippen LogP contribution in [0.15, 0.2) is 28.2 Å². The molecule has 2 aromatic rings. The Labute approximate surface area is 120 Å². The lowest BCUT2D eigenvalue weighted by Gasteiger charge is -2.18. The number of aliphatic carboxylic acids is 1. The van der Waals surface area contributed by atoms with Crippen molar-refractivity contribution in [3.8, 4) is 10.8 Å². The molecule has 3 rings (SSSR count). The van der Waals surface area contributed by atoms with E-state index in [1.165, 1.54) is 24.2 Å². The summed E-state index contributed by atoms with van der Waals surface area (Å²) >= 11 is 1.52. The first-order valence-electron chi connectivity index (χ1n) is 6.63. The zero-order valence-electron chi connectivity index (χ0n) is 11.0. The summed E-state index contributed by atoms with van der Waals surface area (Å²) in [5, 5.41) is 11.8. The lowest BCUT2D eigenvalue weighted by Crippen LogP contribution is -2.31. The summed E-state index contributed by atoms with van der Waals surface area (Å²) in [5.41, 5.74) is 0.906. The van der Waals surface area contributed by atoms with E-state index in [4.69, 9.17) is 9.52 Å². The van der Waals surface area contributed by atoms with Gasteiger partial charge in [-0.3, -0.25) is 9.69 Å². The fourth-order valence-electron chi connectivity index (χ4n) is 2.16. The number of hydrogen-bond acceptors (Lipinski definition) is 5. The number of carboxylic acid groups (broad SMARTS) is 1. The van der Waals surface area contributed by atoms with Gasteiger partial charge < -0.3 is 9.52 Å². The molecular formula is C14H16N2O3S. The zero-order chi connectivity index (χ0) is 13.9. The highest BCUT2D eigenvalue weighted by molar-refractivity contribution is 7.13. The molecule has 5 nitrogen and oxygen atoms in total. The van der Waals surface area contributed by atoms with Crippen molar-refractivity contribution < 1.29 is 14.3 Å². The van der Waals surface area contributed by atoms with Crippen molar-refractivity contribution >= 4 is 17.3 Å². The molecule has 1 fully saturated rings. The maximum Gasteiger partial charge on any atom is 0.317 e. The Bertz CT molecular complexity index is 575. The zero-order valence-corrected chi connectivity index (χ0v) is 11.8. The predicted octanol–water partition coefficient (Wildman–Crippen LogP) is 2.70. The quantitative estimate of drug-likeness (QED) is 0.850. The number of thiazole rings is 1. The van der Waals surface area contributed by atoms with Crippen LogP contribution in [0, 0.1) is 5.92 Å². The Balaban J connectivity index is 1.66. The molecule has 0 spiro atoms. The Morgan fingerprint density at radius 1 is 1.55 bits per heavy atom. The number of nitrogens with zero attached hydrogens (tertiary/aromatic N) is 2. The molecule has 106 valence electrons. The molecule has 6 heteroatoms. The second-order valence-corrected chi connectivity index (χ2v) is 5.99. The van der Waals surface area contributed by atoms with E-state index in [2.05, 4.69) is 4.98 Å². The van der Waals surface area contributed by atoms with Gasteiger partial charge in [-0.25, -0.2) is 4.98 Å². The van der Waals surface area contributed by atoms with Gasteiger partial charge in [0.05, 0.1) is 18.5 Å². The third-order valence-electron chi connectivity index (χ3n) is 3.24. The fraction of sp³-hybridized carbons (Fsp3) is 0.429. The summed E-state index contributed by atoms with van der Waals surface area (Å²) < 4.78 is 5.32. The van der Waals surface area contributed by atoms with Gasteiger partial charge in [-0.15, -0.1) is 11.3 Å². The topological polar surface area (TPSA) is 66.6 Å². The van der Waals surface area contributed by atoms with Crippen LogP contribution < -0.4 is 0 Å². The molecule has 20 heavy (non-hydrogen) atoms. The molecule has 0 aromatic carbocycles.